The molecule has 0 unspecified atom stereocenters. The van der Waals surface area contributed by atoms with E-state index in [1.807, 2.05) is 0 Å². The third kappa shape index (κ3) is 0.855. The Balaban J connectivity index is 3.28. The van der Waals surface area contributed by atoms with Crippen LogP contribution < -0.4 is 5.43 Å². The highest BCUT2D eigenvalue weighted by molar-refractivity contribution is 4.78. The molecular weight excluding hydrogens is 94.0 g/mol. The summed E-state index contributed by atoms with van der Waals surface area (Å²) in [4.78, 5) is 10.1. The second kappa shape index (κ2) is 1.55. The molecule has 0 aliphatic rings. The Kier molecular flexibility index (Phi) is 0.898. The topological polar surface area (TPSA) is 43.1 Å². The zero-order chi connectivity index (χ0) is 5.11. The minimum absolute atomic E-state index is 0.258. The fraction of sp³-hybridized carbons (Fsp3) is 0. The smallest absolute Gasteiger partial charge is 0.213 e. The van der Waals surface area contributed by atoms with Crippen LogP contribution in [0.1, 0.15) is 0 Å². The molecule has 0 aromatic carbocycles. The number of rotatable bonds is 0. The summed E-state index contributed by atoms with van der Waals surface area (Å²) >= 11 is 0. The highest BCUT2D eigenvalue weighted by Gasteiger charge is 1.75. The van der Waals surface area contributed by atoms with Crippen molar-refractivity contribution in [3.8, 4) is 0 Å². The summed E-state index contributed by atoms with van der Waals surface area (Å²) in [5, 5.41) is 3.07. The quantitative estimate of drug-likeness (QED) is 0.450. The van der Waals surface area contributed by atoms with Crippen molar-refractivity contribution in [3.05, 3.63) is 28.7 Å². The molecule has 1 radical (unpaired) electrons. The van der Waals surface area contributed by atoms with E-state index in [4.69, 9.17) is 0 Å². The van der Waals surface area contributed by atoms with Gasteiger partial charge in [-0.3, -0.25) is 4.79 Å². The number of hydrogen-bond donors (Lipinski definition) is 0. The minimum atomic E-state index is -0.258. The van der Waals surface area contributed by atoms with Crippen LogP contribution >= 0.6 is 0 Å². The average molecular weight is 96.1 g/mol. The molecule has 0 atom stereocenters. The van der Waals surface area contributed by atoms with E-state index in [9.17, 15) is 4.79 Å². The van der Waals surface area contributed by atoms with Gasteiger partial charge in [0.05, 0.1) is 0 Å². The third-order valence-electron chi connectivity index (χ3n) is 0.489. The van der Waals surface area contributed by atoms with Crippen LogP contribution in [0, 0.1) is 6.20 Å². The second-order valence-corrected chi connectivity index (χ2v) is 0.975. The Bertz CT molecular complexity index is 175. The Hall–Kier alpha value is -1.12. The van der Waals surface area contributed by atoms with Crippen molar-refractivity contribution in [2.75, 3.05) is 0 Å². The van der Waals surface area contributed by atoms with E-state index >= 15 is 0 Å². The summed E-state index contributed by atoms with van der Waals surface area (Å²) in [5.74, 6) is 0. The predicted molar refractivity (Wildman–Crippen MR) is 21.6 cm³/mol. The van der Waals surface area contributed by atoms with Crippen LogP contribution in [0.3, 0.4) is 0 Å². The van der Waals surface area contributed by atoms with Gasteiger partial charge in [-0.1, -0.05) is 5.16 Å². The monoisotopic (exact) mass is 96.0 g/mol. The van der Waals surface area contributed by atoms with E-state index in [-0.39, 0.29) is 5.43 Å². The molecule has 0 saturated heterocycles. The van der Waals surface area contributed by atoms with Crippen LogP contribution in [0.4, 0.5) is 0 Å². The third-order valence-corrected chi connectivity index (χ3v) is 0.489. The minimum Gasteiger partial charge on any atom is -0.364 e. The molecule has 0 fully saturated rings. The van der Waals surface area contributed by atoms with Crippen molar-refractivity contribution < 1.29 is 4.52 Å². The van der Waals surface area contributed by atoms with E-state index in [0.29, 0.717) is 0 Å². The maximum absolute atomic E-state index is 10.1. The standard InChI is InChI=1S/C4H2NO2/c6-4-1-2-7-5-3-4/h1-2H. The molecular formula is C4H2NO2. The van der Waals surface area contributed by atoms with Gasteiger partial charge in [-0.05, 0) is 0 Å². The molecule has 35 valence electrons. The van der Waals surface area contributed by atoms with Crippen LogP contribution in [-0.4, -0.2) is 5.16 Å². The first-order chi connectivity index (χ1) is 3.39. The normalized spacial score (nSPS) is 8.57. The van der Waals surface area contributed by atoms with E-state index in [0.717, 1.165) is 0 Å². The van der Waals surface area contributed by atoms with Gasteiger partial charge in [-0.25, -0.2) is 0 Å². The number of aromatic nitrogens is 1. The van der Waals surface area contributed by atoms with Crippen LogP contribution in [0.25, 0.3) is 0 Å². The summed E-state index contributed by atoms with van der Waals surface area (Å²) < 4.78 is 4.25. The zero-order valence-corrected chi connectivity index (χ0v) is 3.42. The van der Waals surface area contributed by atoms with Crippen molar-refractivity contribution in [1.82, 2.24) is 5.16 Å². The predicted octanol–water partition coefficient (Wildman–Crippen LogP) is -0.165. The summed E-state index contributed by atoms with van der Waals surface area (Å²) in [7, 11) is 0. The number of hydrogen-bond acceptors (Lipinski definition) is 3. The lowest BCUT2D eigenvalue weighted by Gasteiger charge is -1.69. The lowest BCUT2D eigenvalue weighted by Crippen LogP contribution is -1.94. The van der Waals surface area contributed by atoms with Crippen molar-refractivity contribution in [1.29, 1.82) is 0 Å². The van der Waals surface area contributed by atoms with Crippen molar-refractivity contribution in [2.24, 2.45) is 0 Å². The summed E-state index contributed by atoms with van der Waals surface area (Å²) in [6, 6.07) is 1.24. The molecule has 3 nitrogen and oxygen atoms in total. The van der Waals surface area contributed by atoms with Crippen LogP contribution in [-0.2, 0) is 0 Å². The van der Waals surface area contributed by atoms with Crippen molar-refractivity contribution in [3.63, 3.8) is 0 Å². The Labute approximate surface area is 39.6 Å². The fourth-order valence-corrected chi connectivity index (χ4v) is 0.231. The molecule has 0 saturated carbocycles. The molecule has 3 heteroatoms. The highest BCUT2D eigenvalue weighted by atomic mass is 16.4. The molecule has 7 heavy (non-hydrogen) atoms. The zero-order valence-electron chi connectivity index (χ0n) is 3.42. The number of nitrogens with zero attached hydrogens (tertiary/aromatic N) is 1. The molecule has 0 aliphatic carbocycles. The van der Waals surface area contributed by atoms with E-state index in [2.05, 4.69) is 15.9 Å². The largest absolute Gasteiger partial charge is 0.364 e. The van der Waals surface area contributed by atoms with E-state index in [1.165, 1.54) is 12.3 Å². The highest BCUT2D eigenvalue weighted by Crippen LogP contribution is 1.64. The summed E-state index contributed by atoms with van der Waals surface area (Å²) in [6.07, 6.45) is 3.27. The van der Waals surface area contributed by atoms with E-state index in [1.54, 1.807) is 0 Å². The Morgan fingerprint density at radius 1 is 1.86 bits per heavy atom. The SMILES string of the molecule is O=c1[c]nocc1. The first-order valence-corrected chi connectivity index (χ1v) is 1.72. The second-order valence-electron chi connectivity index (χ2n) is 0.975. The maximum Gasteiger partial charge on any atom is 0.213 e. The molecule has 1 heterocycles. The van der Waals surface area contributed by atoms with Gasteiger partial charge in [0.1, 0.15) is 6.26 Å². The molecule has 0 spiro atoms. The molecule has 0 N–H and O–H groups in total. The molecule has 0 aliphatic heterocycles. The van der Waals surface area contributed by atoms with Gasteiger partial charge in [-0.15, -0.1) is 0 Å². The van der Waals surface area contributed by atoms with Crippen LogP contribution in [0.5, 0.6) is 0 Å². The Morgan fingerprint density at radius 3 is 3.00 bits per heavy atom. The fourth-order valence-electron chi connectivity index (χ4n) is 0.231. The van der Waals surface area contributed by atoms with Crippen LogP contribution in [0.2, 0.25) is 0 Å². The van der Waals surface area contributed by atoms with Gasteiger partial charge in [0.15, 0.2) is 6.20 Å². The van der Waals surface area contributed by atoms with Gasteiger partial charge in [0.2, 0.25) is 5.43 Å². The van der Waals surface area contributed by atoms with Gasteiger partial charge < -0.3 is 4.52 Å². The van der Waals surface area contributed by atoms with Gasteiger partial charge >= 0.3 is 0 Å². The van der Waals surface area contributed by atoms with Gasteiger partial charge in [0, 0.05) is 6.07 Å². The van der Waals surface area contributed by atoms with Crippen molar-refractivity contribution in [2.45, 2.75) is 0 Å². The lowest BCUT2D eigenvalue weighted by atomic mass is 10.6. The molecule has 1 rings (SSSR count). The molecule has 0 bridgehead atoms. The first-order valence-electron chi connectivity index (χ1n) is 1.72. The molecule has 0 amide bonds. The molecule has 1 aromatic heterocycles. The maximum atomic E-state index is 10.1. The van der Waals surface area contributed by atoms with Crippen LogP contribution in [0.15, 0.2) is 21.6 Å². The average Bonchev–Trinajstić information content (AvgIpc) is 1.69. The van der Waals surface area contributed by atoms with Gasteiger partial charge in [0.25, 0.3) is 0 Å². The van der Waals surface area contributed by atoms with Crippen molar-refractivity contribution >= 4 is 0 Å². The Morgan fingerprint density at radius 2 is 2.71 bits per heavy atom. The summed E-state index contributed by atoms with van der Waals surface area (Å²) in [6.45, 7) is 0. The van der Waals surface area contributed by atoms with E-state index < -0.39 is 0 Å². The molecule has 1 aromatic rings. The first kappa shape index (κ1) is 4.05. The van der Waals surface area contributed by atoms with Gasteiger partial charge in [-0.2, -0.15) is 0 Å². The summed E-state index contributed by atoms with van der Waals surface area (Å²) in [5.41, 5.74) is -0.258. The lowest BCUT2D eigenvalue weighted by molar-refractivity contribution is 0.395.